The molecule has 1 N–H and O–H groups in total. The van der Waals surface area contributed by atoms with Crippen LogP contribution in [0, 0.1) is 0 Å². The highest BCUT2D eigenvalue weighted by molar-refractivity contribution is 6.28. The fourth-order valence-corrected chi connectivity index (χ4v) is 1.55. The van der Waals surface area contributed by atoms with Gasteiger partial charge in [-0.15, -0.1) is 5.10 Å². The molecule has 0 atom stereocenters. The molecule has 80 valence electrons. The molecule has 1 aliphatic heterocycles. The first-order chi connectivity index (χ1) is 7.25. The van der Waals surface area contributed by atoms with Crippen molar-refractivity contribution in [2.24, 2.45) is 0 Å². The molecule has 2 rings (SSSR count). The minimum Gasteiger partial charge on any atom is -0.354 e. The van der Waals surface area contributed by atoms with Gasteiger partial charge in [0, 0.05) is 26.1 Å². The predicted molar refractivity (Wildman–Crippen MR) is 54.7 cm³/mol. The molecule has 0 spiro atoms. The summed E-state index contributed by atoms with van der Waals surface area (Å²) in [6.45, 7) is 1.95. The first-order valence-corrected chi connectivity index (χ1v) is 5.00. The molecule has 1 aromatic rings. The average molecular weight is 228 g/mol. The number of aromatic nitrogens is 3. The molecule has 1 fully saturated rings. The summed E-state index contributed by atoms with van der Waals surface area (Å²) in [6.07, 6.45) is 2.00. The zero-order chi connectivity index (χ0) is 10.7. The van der Waals surface area contributed by atoms with E-state index in [0.29, 0.717) is 31.9 Å². The van der Waals surface area contributed by atoms with Gasteiger partial charge in [0.2, 0.25) is 11.2 Å². The van der Waals surface area contributed by atoms with Gasteiger partial charge in [0.1, 0.15) is 0 Å². The summed E-state index contributed by atoms with van der Waals surface area (Å²) in [4.78, 5) is 17.1. The molecule has 1 aliphatic rings. The molecule has 0 aromatic carbocycles. The van der Waals surface area contributed by atoms with E-state index in [1.807, 2.05) is 4.90 Å². The van der Waals surface area contributed by atoms with Crippen molar-refractivity contribution in [1.29, 1.82) is 0 Å². The molecule has 15 heavy (non-hydrogen) atoms. The second-order valence-corrected chi connectivity index (χ2v) is 3.51. The van der Waals surface area contributed by atoms with Crippen LogP contribution in [-0.2, 0) is 4.79 Å². The van der Waals surface area contributed by atoms with Crippen LogP contribution in [0.1, 0.15) is 6.42 Å². The van der Waals surface area contributed by atoms with E-state index in [4.69, 9.17) is 11.6 Å². The standard InChI is InChI=1S/C8H10ClN5O/c9-8-12-6(5-11-13-8)14-3-1-7(15)10-2-4-14/h5H,1-4H2,(H,10,15). The lowest BCUT2D eigenvalue weighted by Gasteiger charge is -2.19. The van der Waals surface area contributed by atoms with E-state index in [0.717, 1.165) is 0 Å². The maximum atomic E-state index is 11.1. The second kappa shape index (κ2) is 4.39. The number of nitrogens with one attached hydrogen (secondary N) is 1. The SMILES string of the molecule is O=C1CCN(c2cnnc(Cl)n2)CCN1. The molecule has 0 radical (unpaired) electrons. The maximum absolute atomic E-state index is 11.1. The Bertz CT molecular complexity index is 372. The van der Waals surface area contributed by atoms with E-state index < -0.39 is 0 Å². The Balaban J connectivity index is 2.13. The van der Waals surface area contributed by atoms with Gasteiger partial charge in [-0.3, -0.25) is 4.79 Å². The lowest BCUT2D eigenvalue weighted by molar-refractivity contribution is -0.120. The van der Waals surface area contributed by atoms with Gasteiger partial charge < -0.3 is 10.2 Å². The van der Waals surface area contributed by atoms with Gasteiger partial charge in [-0.25, -0.2) is 0 Å². The van der Waals surface area contributed by atoms with Crippen molar-refractivity contribution in [1.82, 2.24) is 20.5 Å². The Hall–Kier alpha value is -1.43. The van der Waals surface area contributed by atoms with E-state index in [1.165, 1.54) is 0 Å². The number of carbonyl (C=O) groups is 1. The van der Waals surface area contributed by atoms with Crippen LogP contribution in [0.3, 0.4) is 0 Å². The molecule has 2 heterocycles. The molecular weight excluding hydrogens is 218 g/mol. The number of hydrogen-bond donors (Lipinski definition) is 1. The Labute approximate surface area is 91.7 Å². The number of nitrogens with zero attached hydrogens (tertiary/aromatic N) is 4. The van der Waals surface area contributed by atoms with Crippen molar-refractivity contribution >= 4 is 23.3 Å². The van der Waals surface area contributed by atoms with Gasteiger partial charge in [0.15, 0.2) is 5.82 Å². The number of anilines is 1. The monoisotopic (exact) mass is 227 g/mol. The van der Waals surface area contributed by atoms with Gasteiger partial charge in [-0.1, -0.05) is 0 Å². The zero-order valence-corrected chi connectivity index (χ0v) is 8.74. The van der Waals surface area contributed by atoms with E-state index in [2.05, 4.69) is 20.5 Å². The summed E-state index contributed by atoms with van der Waals surface area (Å²) in [5.74, 6) is 0.720. The van der Waals surface area contributed by atoms with Gasteiger partial charge in [-0.2, -0.15) is 10.1 Å². The van der Waals surface area contributed by atoms with Crippen molar-refractivity contribution in [2.75, 3.05) is 24.5 Å². The lowest BCUT2D eigenvalue weighted by Crippen LogP contribution is -2.29. The minimum atomic E-state index is 0.0608. The van der Waals surface area contributed by atoms with Gasteiger partial charge in [0.05, 0.1) is 6.20 Å². The Kier molecular flexibility index (Phi) is 2.96. The van der Waals surface area contributed by atoms with Gasteiger partial charge in [-0.05, 0) is 11.6 Å². The summed E-state index contributed by atoms with van der Waals surface area (Å²) < 4.78 is 0. The van der Waals surface area contributed by atoms with Crippen LogP contribution in [0.25, 0.3) is 0 Å². The average Bonchev–Trinajstić information content (AvgIpc) is 2.43. The fraction of sp³-hybridized carbons (Fsp3) is 0.500. The normalized spacial score (nSPS) is 17.1. The number of hydrogen-bond acceptors (Lipinski definition) is 5. The first kappa shape index (κ1) is 10.1. The maximum Gasteiger partial charge on any atom is 0.244 e. The van der Waals surface area contributed by atoms with E-state index in [1.54, 1.807) is 6.20 Å². The quantitative estimate of drug-likeness (QED) is 0.723. The third-order valence-electron chi connectivity index (χ3n) is 2.16. The summed E-state index contributed by atoms with van der Waals surface area (Å²) in [7, 11) is 0. The van der Waals surface area contributed by atoms with Crippen LogP contribution in [0.4, 0.5) is 5.82 Å². The lowest BCUT2D eigenvalue weighted by atomic mass is 10.4. The Morgan fingerprint density at radius 3 is 3.13 bits per heavy atom. The molecule has 0 bridgehead atoms. The summed E-state index contributed by atoms with van der Waals surface area (Å²) >= 11 is 5.64. The highest BCUT2D eigenvalue weighted by Crippen LogP contribution is 2.11. The van der Waals surface area contributed by atoms with Crippen LogP contribution in [0.5, 0.6) is 0 Å². The number of amides is 1. The number of halogens is 1. The Morgan fingerprint density at radius 2 is 2.33 bits per heavy atom. The van der Waals surface area contributed by atoms with Crippen molar-refractivity contribution in [2.45, 2.75) is 6.42 Å². The Morgan fingerprint density at radius 1 is 1.47 bits per heavy atom. The van der Waals surface area contributed by atoms with E-state index in [-0.39, 0.29) is 11.2 Å². The molecule has 1 amide bonds. The minimum absolute atomic E-state index is 0.0608. The van der Waals surface area contributed by atoms with Crippen LogP contribution >= 0.6 is 11.6 Å². The third-order valence-corrected chi connectivity index (χ3v) is 2.32. The number of carbonyl (C=O) groups excluding carboxylic acids is 1. The highest BCUT2D eigenvalue weighted by atomic mass is 35.5. The van der Waals surface area contributed by atoms with E-state index >= 15 is 0 Å². The zero-order valence-electron chi connectivity index (χ0n) is 7.98. The van der Waals surface area contributed by atoms with E-state index in [9.17, 15) is 4.79 Å². The topological polar surface area (TPSA) is 71.0 Å². The van der Waals surface area contributed by atoms with Crippen molar-refractivity contribution in [3.05, 3.63) is 11.5 Å². The molecule has 0 aliphatic carbocycles. The van der Waals surface area contributed by atoms with Crippen LogP contribution < -0.4 is 10.2 Å². The van der Waals surface area contributed by atoms with Crippen molar-refractivity contribution < 1.29 is 4.79 Å². The molecule has 7 heteroatoms. The smallest absolute Gasteiger partial charge is 0.244 e. The number of rotatable bonds is 1. The molecule has 0 saturated carbocycles. The van der Waals surface area contributed by atoms with Gasteiger partial charge >= 0.3 is 0 Å². The van der Waals surface area contributed by atoms with Crippen LogP contribution in [0.2, 0.25) is 5.28 Å². The highest BCUT2D eigenvalue weighted by Gasteiger charge is 2.15. The first-order valence-electron chi connectivity index (χ1n) is 4.62. The summed E-state index contributed by atoms with van der Waals surface area (Å²) in [5.41, 5.74) is 0. The largest absolute Gasteiger partial charge is 0.354 e. The summed E-state index contributed by atoms with van der Waals surface area (Å²) in [6, 6.07) is 0. The van der Waals surface area contributed by atoms with Crippen molar-refractivity contribution in [3.63, 3.8) is 0 Å². The fourth-order valence-electron chi connectivity index (χ4n) is 1.42. The predicted octanol–water partition coefficient (Wildman–Crippen LogP) is -0.149. The third kappa shape index (κ3) is 2.53. The van der Waals surface area contributed by atoms with Crippen LogP contribution in [0.15, 0.2) is 6.20 Å². The van der Waals surface area contributed by atoms with Crippen molar-refractivity contribution in [3.8, 4) is 0 Å². The molecule has 1 saturated heterocycles. The van der Waals surface area contributed by atoms with Crippen LogP contribution in [-0.4, -0.2) is 40.7 Å². The molecule has 1 aromatic heterocycles. The molecule has 0 unspecified atom stereocenters. The molecule has 6 nitrogen and oxygen atoms in total. The summed E-state index contributed by atoms with van der Waals surface area (Å²) in [5, 5.41) is 10.2. The van der Waals surface area contributed by atoms with Gasteiger partial charge in [0.25, 0.3) is 0 Å². The molecular formula is C8H10ClN5O. The second-order valence-electron chi connectivity index (χ2n) is 3.17.